The molecule has 1 aliphatic rings. The first kappa shape index (κ1) is 15.3. The Morgan fingerprint density at radius 1 is 1.50 bits per heavy atom. The number of sulfonamides is 1. The van der Waals surface area contributed by atoms with Gasteiger partial charge in [-0.3, -0.25) is 0 Å². The molecule has 1 saturated heterocycles. The summed E-state index contributed by atoms with van der Waals surface area (Å²) < 4.78 is 26.7. The lowest BCUT2D eigenvalue weighted by molar-refractivity contribution is 0.261. The number of hydrogen-bond acceptors (Lipinski definition) is 3. The van der Waals surface area contributed by atoms with Crippen molar-refractivity contribution < 1.29 is 8.42 Å². The van der Waals surface area contributed by atoms with E-state index in [1.165, 1.54) is 22.5 Å². The Bertz CT molecular complexity index is 637. The first-order chi connectivity index (χ1) is 9.48. The Morgan fingerprint density at radius 3 is 2.90 bits per heavy atom. The van der Waals surface area contributed by atoms with Gasteiger partial charge in [-0.2, -0.15) is 9.57 Å². The van der Waals surface area contributed by atoms with Crippen LogP contribution in [0.2, 0.25) is 5.02 Å². The lowest BCUT2D eigenvalue weighted by Gasteiger charge is -2.31. The SMILES string of the molecule is CCC1CCCN(S(=O)(=O)c2ccc(Cl)c(C#N)c2)C1. The van der Waals surface area contributed by atoms with E-state index < -0.39 is 10.0 Å². The molecule has 0 aliphatic carbocycles. The summed E-state index contributed by atoms with van der Waals surface area (Å²) in [5.41, 5.74) is 0.191. The number of benzene rings is 1. The van der Waals surface area contributed by atoms with Crippen LogP contribution in [-0.4, -0.2) is 25.8 Å². The Labute approximate surface area is 125 Å². The summed E-state index contributed by atoms with van der Waals surface area (Å²) in [5.74, 6) is 0.418. The van der Waals surface area contributed by atoms with Crippen LogP contribution in [0.15, 0.2) is 23.1 Å². The van der Waals surface area contributed by atoms with Crippen molar-refractivity contribution in [1.29, 1.82) is 5.26 Å². The highest BCUT2D eigenvalue weighted by atomic mass is 35.5. The Hall–Kier alpha value is -1.09. The number of hydrogen-bond donors (Lipinski definition) is 0. The predicted octanol–water partition coefficient (Wildman–Crippen LogP) is 3.02. The molecular formula is C14H17ClN2O2S. The molecule has 6 heteroatoms. The third-order valence-corrected chi connectivity index (χ3v) is 5.95. The van der Waals surface area contributed by atoms with Crippen molar-refractivity contribution in [2.75, 3.05) is 13.1 Å². The molecule has 0 bridgehead atoms. The van der Waals surface area contributed by atoms with Gasteiger partial charge in [0, 0.05) is 13.1 Å². The highest BCUT2D eigenvalue weighted by Crippen LogP contribution is 2.27. The van der Waals surface area contributed by atoms with Gasteiger partial charge in [0.2, 0.25) is 10.0 Å². The first-order valence-electron chi connectivity index (χ1n) is 6.68. The average molecular weight is 313 g/mol. The van der Waals surface area contributed by atoms with Crippen LogP contribution in [0.5, 0.6) is 0 Å². The van der Waals surface area contributed by atoms with E-state index in [-0.39, 0.29) is 15.5 Å². The van der Waals surface area contributed by atoms with E-state index in [1.807, 2.05) is 6.07 Å². The molecule has 0 radical (unpaired) electrons. The van der Waals surface area contributed by atoms with E-state index in [4.69, 9.17) is 16.9 Å². The summed E-state index contributed by atoms with van der Waals surface area (Å²) >= 11 is 5.85. The summed E-state index contributed by atoms with van der Waals surface area (Å²) in [5, 5.41) is 9.23. The third-order valence-electron chi connectivity index (χ3n) is 3.76. The minimum absolute atomic E-state index is 0.148. The van der Waals surface area contributed by atoms with Crippen LogP contribution in [-0.2, 0) is 10.0 Å². The van der Waals surface area contributed by atoms with E-state index in [0.717, 1.165) is 19.3 Å². The summed E-state index contributed by atoms with van der Waals surface area (Å²) in [6.45, 7) is 3.18. The maximum absolute atomic E-state index is 12.6. The molecule has 0 amide bonds. The number of nitriles is 1. The normalized spacial score (nSPS) is 20.6. The monoisotopic (exact) mass is 312 g/mol. The molecule has 1 aromatic carbocycles. The Balaban J connectivity index is 2.33. The molecule has 0 N–H and O–H groups in total. The number of nitrogens with zero attached hydrogens (tertiary/aromatic N) is 2. The zero-order chi connectivity index (χ0) is 14.8. The number of rotatable bonds is 3. The van der Waals surface area contributed by atoms with Crippen LogP contribution in [0.25, 0.3) is 0 Å². The van der Waals surface area contributed by atoms with Gasteiger partial charge in [-0.25, -0.2) is 8.42 Å². The predicted molar refractivity (Wildman–Crippen MR) is 77.9 cm³/mol. The maximum atomic E-state index is 12.6. The van der Waals surface area contributed by atoms with Crippen molar-refractivity contribution in [3.05, 3.63) is 28.8 Å². The molecule has 1 unspecified atom stereocenters. The van der Waals surface area contributed by atoms with E-state index in [1.54, 1.807) is 0 Å². The summed E-state index contributed by atoms with van der Waals surface area (Å²) in [6.07, 6.45) is 2.94. The van der Waals surface area contributed by atoms with Gasteiger partial charge >= 0.3 is 0 Å². The molecule has 1 aromatic rings. The van der Waals surface area contributed by atoms with Crippen LogP contribution in [0.3, 0.4) is 0 Å². The molecule has 20 heavy (non-hydrogen) atoms. The van der Waals surface area contributed by atoms with Crippen molar-refractivity contribution in [1.82, 2.24) is 4.31 Å². The zero-order valence-electron chi connectivity index (χ0n) is 11.3. The van der Waals surface area contributed by atoms with Crippen molar-refractivity contribution in [3.8, 4) is 6.07 Å². The molecule has 1 aliphatic heterocycles. The number of piperidine rings is 1. The summed E-state index contributed by atoms with van der Waals surface area (Å²) in [4.78, 5) is 0.148. The average Bonchev–Trinajstić information content (AvgIpc) is 2.47. The molecule has 1 fully saturated rings. The number of halogens is 1. The topological polar surface area (TPSA) is 61.2 Å². The van der Waals surface area contributed by atoms with E-state index in [0.29, 0.717) is 19.0 Å². The van der Waals surface area contributed by atoms with Gasteiger partial charge in [0.05, 0.1) is 15.5 Å². The van der Waals surface area contributed by atoms with Gasteiger partial charge in [-0.05, 0) is 37.0 Å². The highest BCUT2D eigenvalue weighted by Gasteiger charge is 2.29. The van der Waals surface area contributed by atoms with Crippen LogP contribution >= 0.6 is 11.6 Å². The molecule has 1 heterocycles. The molecule has 0 spiro atoms. The second kappa shape index (κ2) is 6.13. The van der Waals surface area contributed by atoms with Crippen molar-refractivity contribution >= 4 is 21.6 Å². The fraction of sp³-hybridized carbons (Fsp3) is 0.500. The van der Waals surface area contributed by atoms with Crippen molar-refractivity contribution in [3.63, 3.8) is 0 Å². The molecule has 0 aromatic heterocycles. The minimum Gasteiger partial charge on any atom is -0.207 e. The molecule has 2 rings (SSSR count). The van der Waals surface area contributed by atoms with Gasteiger partial charge in [-0.1, -0.05) is 24.9 Å². The Morgan fingerprint density at radius 2 is 2.25 bits per heavy atom. The highest BCUT2D eigenvalue weighted by molar-refractivity contribution is 7.89. The smallest absolute Gasteiger partial charge is 0.207 e. The van der Waals surface area contributed by atoms with Crippen molar-refractivity contribution in [2.45, 2.75) is 31.1 Å². The standard InChI is InChI=1S/C14H17ClN2O2S/c1-2-11-4-3-7-17(10-11)20(18,19)13-5-6-14(15)12(8-13)9-16/h5-6,8,11H,2-4,7,10H2,1H3. The van der Waals surface area contributed by atoms with Crippen LogP contribution in [0.1, 0.15) is 31.7 Å². The third kappa shape index (κ3) is 2.98. The van der Waals surface area contributed by atoms with Crippen LogP contribution in [0.4, 0.5) is 0 Å². The maximum Gasteiger partial charge on any atom is 0.243 e. The first-order valence-corrected chi connectivity index (χ1v) is 8.50. The van der Waals surface area contributed by atoms with E-state index in [9.17, 15) is 8.42 Å². The lowest BCUT2D eigenvalue weighted by Crippen LogP contribution is -2.39. The van der Waals surface area contributed by atoms with Crippen LogP contribution in [0, 0.1) is 17.2 Å². The summed E-state index contributed by atoms with van der Waals surface area (Å²) in [6, 6.07) is 6.20. The molecular weight excluding hydrogens is 296 g/mol. The largest absolute Gasteiger partial charge is 0.243 e. The fourth-order valence-corrected chi connectivity index (χ4v) is 4.22. The molecule has 108 valence electrons. The van der Waals surface area contributed by atoms with Gasteiger partial charge in [0.25, 0.3) is 0 Å². The van der Waals surface area contributed by atoms with E-state index in [2.05, 4.69) is 6.92 Å². The molecule has 1 atom stereocenters. The second-order valence-corrected chi connectivity index (χ2v) is 7.38. The van der Waals surface area contributed by atoms with E-state index >= 15 is 0 Å². The summed E-state index contributed by atoms with van der Waals surface area (Å²) in [7, 11) is -3.53. The van der Waals surface area contributed by atoms with Crippen molar-refractivity contribution in [2.24, 2.45) is 5.92 Å². The zero-order valence-corrected chi connectivity index (χ0v) is 12.9. The fourth-order valence-electron chi connectivity index (χ4n) is 2.48. The lowest BCUT2D eigenvalue weighted by atomic mass is 9.97. The second-order valence-electron chi connectivity index (χ2n) is 5.03. The van der Waals surface area contributed by atoms with Gasteiger partial charge in [-0.15, -0.1) is 0 Å². The van der Waals surface area contributed by atoms with Crippen LogP contribution < -0.4 is 0 Å². The Kier molecular flexibility index (Phi) is 4.69. The molecule has 0 saturated carbocycles. The van der Waals surface area contributed by atoms with Gasteiger partial charge in [0.15, 0.2) is 0 Å². The minimum atomic E-state index is -3.53. The van der Waals surface area contributed by atoms with Gasteiger partial charge in [0.1, 0.15) is 6.07 Å². The molecule has 4 nitrogen and oxygen atoms in total. The quantitative estimate of drug-likeness (QED) is 0.862. The van der Waals surface area contributed by atoms with Gasteiger partial charge < -0.3 is 0 Å².